The number of hydrogen-bond acceptors (Lipinski definition) is 3. The standard InChI is InChI=1S/C10H12F4O3/c11-9(12)10(13,14)6-16-5-7(15)8-3-1-2-4-17-8/h3,9H,1-2,4-6H2. The molecule has 0 saturated carbocycles. The minimum Gasteiger partial charge on any atom is -0.490 e. The molecule has 3 nitrogen and oxygen atoms in total. The first-order valence-electron chi connectivity index (χ1n) is 5.03. The van der Waals surface area contributed by atoms with Gasteiger partial charge in [0.2, 0.25) is 5.78 Å². The second kappa shape index (κ2) is 6.00. The van der Waals surface area contributed by atoms with E-state index in [1.807, 2.05) is 0 Å². The van der Waals surface area contributed by atoms with E-state index in [1.54, 1.807) is 0 Å². The smallest absolute Gasteiger partial charge is 0.330 e. The normalized spacial score (nSPS) is 16.6. The zero-order chi connectivity index (χ0) is 12.9. The predicted octanol–water partition coefficient (Wildman–Crippen LogP) is 2.17. The van der Waals surface area contributed by atoms with Gasteiger partial charge in [-0.05, 0) is 18.9 Å². The molecule has 98 valence electrons. The Balaban J connectivity index is 2.31. The third-order valence-electron chi connectivity index (χ3n) is 2.06. The van der Waals surface area contributed by atoms with Crippen LogP contribution in [-0.2, 0) is 14.3 Å². The molecule has 0 spiro atoms. The molecule has 17 heavy (non-hydrogen) atoms. The number of rotatable bonds is 6. The monoisotopic (exact) mass is 256 g/mol. The van der Waals surface area contributed by atoms with Crippen LogP contribution in [0.15, 0.2) is 11.8 Å². The van der Waals surface area contributed by atoms with Crippen LogP contribution >= 0.6 is 0 Å². The number of allylic oxidation sites excluding steroid dienone is 1. The van der Waals surface area contributed by atoms with Crippen molar-refractivity contribution in [1.82, 2.24) is 0 Å². The van der Waals surface area contributed by atoms with Crippen LogP contribution in [0, 0.1) is 0 Å². The maximum Gasteiger partial charge on any atom is 0.330 e. The number of carbonyl (C=O) groups is 1. The summed E-state index contributed by atoms with van der Waals surface area (Å²) in [5.74, 6) is -4.80. The van der Waals surface area contributed by atoms with E-state index in [4.69, 9.17) is 4.74 Å². The van der Waals surface area contributed by atoms with Gasteiger partial charge in [-0.1, -0.05) is 0 Å². The van der Waals surface area contributed by atoms with Gasteiger partial charge in [0, 0.05) is 0 Å². The Morgan fingerprint density at radius 2 is 2.24 bits per heavy atom. The molecule has 7 heteroatoms. The number of carbonyl (C=O) groups excluding carboxylic acids is 1. The van der Waals surface area contributed by atoms with Crippen LogP contribution in [0.2, 0.25) is 0 Å². The summed E-state index contributed by atoms with van der Waals surface area (Å²) >= 11 is 0. The van der Waals surface area contributed by atoms with Gasteiger partial charge in [0.05, 0.1) is 6.61 Å². The van der Waals surface area contributed by atoms with Crippen LogP contribution < -0.4 is 0 Å². The van der Waals surface area contributed by atoms with Crippen molar-refractivity contribution in [1.29, 1.82) is 0 Å². The van der Waals surface area contributed by atoms with Crippen LogP contribution in [0.3, 0.4) is 0 Å². The molecule has 1 heterocycles. The molecule has 0 aliphatic carbocycles. The summed E-state index contributed by atoms with van der Waals surface area (Å²) in [5, 5.41) is 0. The number of ether oxygens (including phenoxy) is 2. The zero-order valence-electron chi connectivity index (χ0n) is 8.93. The maximum atomic E-state index is 12.4. The number of halogens is 4. The number of ketones is 1. The van der Waals surface area contributed by atoms with Gasteiger partial charge in [-0.25, -0.2) is 8.78 Å². The van der Waals surface area contributed by atoms with Gasteiger partial charge >= 0.3 is 12.3 Å². The maximum absolute atomic E-state index is 12.4. The molecule has 0 bridgehead atoms. The molecule has 0 saturated heterocycles. The van der Waals surface area contributed by atoms with Crippen molar-refractivity contribution in [3.8, 4) is 0 Å². The van der Waals surface area contributed by atoms with Crippen molar-refractivity contribution >= 4 is 5.78 Å². The van der Waals surface area contributed by atoms with Gasteiger partial charge in [-0.3, -0.25) is 4.79 Å². The minimum absolute atomic E-state index is 0.0524. The van der Waals surface area contributed by atoms with Gasteiger partial charge in [0.1, 0.15) is 13.2 Å². The summed E-state index contributed by atoms with van der Waals surface area (Å²) in [6.45, 7) is -1.79. The van der Waals surface area contributed by atoms with E-state index < -0.39 is 31.3 Å². The molecule has 1 rings (SSSR count). The summed E-state index contributed by atoms with van der Waals surface area (Å²) in [5.41, 5.74) is 0. The first-order valence-corrected chi connectivity index (χ1v) is 5.03. The third kappa shape index (κ3) is 4.33. The van der Waals surface area contributed by atoms with E-state index >= 15 is 0 Å². The summed E-state index contributed by atoms with van der Waals surface area (Å²) in [6, 6.07) is 0. The van der Waals surface area contributed by atoms with Crippen molar-refractivity contribution in [3.05, 3.63) is 11.8 Å². The van der Waals surface area contributed by atoms with Crippen LogP contribution in [0.5, 0.6) is 0 Å². The highest BCUT2D eigenvalue weighted by Crippen LogP contribution is 2.23. The lowest BCUT2D eigenvalue weighted by atomic mass is 10.2. The number of hydrogen-bond donors (Lipinski definition) is 0. The molecule has 0 fully saturated rings. The van der Waals surface area contributed by atoms with Crippen LogP contribution in [0.1, 0.15) is 12.8 Å². The average Bonchev–Trinajstić information content (AvgIpc) is 2.29. The highest BCUT2D eigenvalue weighted by molar-refractivity contribution is 5.94. The molecule has 0 atom stereocenters. The summed E-state index contributed by atoms with van der Waals surface area (Å²) in [6.07, 6.45) is -0.835. The molecule has 1 aliphatic heterocycles. The molecular formula is C10H12F4O3. The topological polar surface area (TPSA) is 35.5 Å². The molecule has 1 aliphatic rings. The van der Waals surface area contributed by atoms with Crippen molar-refractivity contribution < 1.29 is 31.8 Å². The van der Waals surface area contributed by atoms with E-state index in [0.717, 1.165) is 6.42 Å². The highest BCUT2D eigenvalue weighted by atomic mass is 19.3. The number of Topliss-reactive ketones (excluding diaryl/α,β-unsaturated/α-hetero) is 1. The molecule has 0 aromatic carbocycles. The summed E-state index contributed by atoms with van der Waals surface area (Å²) < 4.78 is 57.5. The summed E-state index contributed by atoms with van der Waals surface area (Å²) in [4.78, 5) is 11.3. The molecular weight excluding hydrogens is 244 g/mol. The van der Waals surface area contributed by atoms with Gasteiger partial charge < -0.3 is 9.47 Å². The Morgan fingerprint density at radius 3 is 2.76 bits per heavy atom. The fourth-order valence-corrected chi connectivity index (χ4v) is 1.17. The first kappa shape index (κ1) is 14.0. The lowest BCUT2D eigenvalue weighted by Gasteiger charge is -2.16. The van der Waals surface area contributed by atoms with Gasteiger partial charge in [0.25, 0.3) is 0 Å². The SMILES string of the molecule is O=C(COCC(F)(F)C(F)F)C1=CCCCO1. The molecule has 0 unspecified atom stereocenters. The van der Waals surface area contributed by atoms with Crippen LogP contribution in [-0.4, -0.2) is 38.0 Å². The van der Waals surface area contributed by atoms with E-state index in [2.05, 4.69) is 4.74 Å². The van der Waals surface area contributed by atoms with E-state index in [9.17, 15) is 22.4 Å². The lowest BCUT2D eigenvalue weighted by molar-refractivity contribution is -0.168. The number of alkyl halides is 4. The van der Waals surface area contributed by atoms with Gasteiger partial charge in [-0.15, -0.1) is 0 Å². The second-order valence-corrected chi connectivity index (χ2v) is 3.54. The van der Waals surface area contributed by atoms with Gasteiger partial charge in [0.15, 0.2) is 5.76 Å². The minimum atomic E-state index is -4.23. The molecule has 0 aromatic rings. The van der Waals surface area contributed by atoms with Gasteiger partial charge in [-0.2, -0.15) is 8.78 Å². The summed E-state index contributed by atoms with van der Waals surface area (Å²) in [7, 11) is 0. The largest absolute Gasteiger partial charge is 0.490 e. The van der Waals surface area contributed by atoms with Crippen molar-refractivity contribution in [3.63, 3.8) is 0 Å². The quantitative estimate of drug-likeness (QED) is 0.683. The van der Waals surface area contributed by atoms with E-state index in [0.29, 0.717) is 13.0 Å². The Kier molecular flexibility index (Phi) is 4.92. The highest BCUT2D eigenvalue weighted by Gasteiger charge is 2.41. The van der Waals surface area contributed by atoms with Crippen molar-refractivity contribution in [2.75, 3.05) is 19.8 Å². The first-order chi connectivity index (χ1) is 7.93. The molecule has 0 amide bonds. The molecule has 0 radical (unpaired) electrons. The Labute approximate surface area is 95.4 Å². The van der Waals surface area contributed by atoms with E-state index in [-0.39, 0.29) is 5.76 Å². The lowest BCUT2D eigenvalue weighted by Crippen LogP contribution is -2.33. The van der Waals surface area contributed by atoms with Crippen molar-refractivity contribution in [2.45, 2.75) is 25.2 Å². The molecule has 0 N–H and O–H groups in total. The average molecular weight is 256 g/mol. The Bertz CT molecular complexity index is 302. The third-order valence-corrected chi connectivity index (χ3v) is 2.06. The fraction of sp³-hybridized carbons (Fsp3) is 0.700. The zero-order valence-corrected chi connectivity index (χ0v) is 8.93. The fourth-order valence-electron chi connectivity index (χ4n) is 1.17. The Hall–Kier alpha value is -1.11. The van der Waals surface area contributed by atoms with Crippen LogP contribution in [0.4, 0.5) is 17.6 Å². The molecule has 0 aromatic heterocycles. The van der Waals surface area contributed by atoms with E-state index in [1.165, 1.54) is 6.08 Å². The van der Waals surface area contributed by atoms with Crippen LogP contribution in [0.25, 0.3) is 0 Å². The predicted molar refractivity (Wildman–Crippen MR) is 50.0 cm³/mol. The Morgan fingerprint density at radius 1 is 1.53 bits per heavy atom. The van der Waals surface area contributed by atoms with Crippen molar-refractivity contribution in [2.24, 2.45) is 0 Å². The second-order valence-electron chi connectivity index (χ2n) is 3.54.